The van der Waals surface area contributed by atoms with Crippen LogP contribution in [0.3, 0.4) is 0 Å². The lowest BCUT2D eigenvalue weighted by atomic mass is 9.80. The summed E-state index contributed by atoms with van der Waals surface area (Å²) in [4.78, 5) is 11.4. The molecule has 15 heavy (non-hydrogen) atoms. The summed E-state index contributed by atoms with van der Waals surface area (Å²) in [5.41, 5.74) is -0.583. The van der Waals surface area contributed by atoms with E-state index < -0.39 is 5.60 Å². The zero-order valence-corrected chi connectivity index (χ0v) is 9.58. The largest absolute Gasteiger partial charge is 0.465 e. The first kappa shape index (κ1) is 12.5. The maximum absolute atomic E-state index is 11.4. The van der Waals surface area contributed by atoms with Crippen LogP contribution >= 0.6 is 0 Å². The molecular formula is C11H21NO3. The molecule has 0 heterocycles. The number of esters is 1. The van der Waals surface area contributed by atoms with E-state index in [0.717, 1.165) is 19.3 Å². The van der Waals surface area contributed by atoms with Crippen LogP contribution in [0, 0.1) is 0 Å². The first-order valence-electron chi connectivity index (χ1n) is 5.73. The molecule has 0 spiro atoms. The highest BCUT2D eigenvalue weighted by molar-refractivity contribution is 5.75. The summed E-state index contributed by atoms with van der Waals surface area (Å²) in [6, 6.07) is -0.283. The molecule has 0 saturated heterocycles. The zero-order chi connectivity index (χ0) is 11.3. The Balaban J connectivity index is 2.29. The number of carbonyl (C=O) groups excluding carboxylic acids is 1. The quantitative estimate of drug-likeness (QED) is 0.644. The van der Waals surface area contributed by atoms with E-state index in [-0.39, 0.29) is 12.0 Å². The number of aliphatic hydroxyl groups is 1. The third kappa shape index (κ3) is 3.47. The molecule has 1 aliphatic carbocycles. The molecule has 0 aliphatic heterocycles. The minimum atomic E-state index is -0.583. The normalized spacial score (nSPS) is 20.5. The van der Waals surface area contributed by atoms with Crippen molar-refractivity contribution >= 4 is 5.97 Å². The topological polar surface area (TPSA) is 58.6 Å². The lowest BCUT2D eigenvalue weighted by molar-refractivity contribution is -0.146. The second kappa shape index (κ2) is 5.47. The van der Waals surface area contributed by atoms with Crippen LogP contribution in [0.1, 0.15) is 39.5 Å². The van der Waals surface area contributed by atoms with Gasteiger partial charge >= 0.3 is 5.97 Å². The third-order valence-electron chi connectivity index (χ3n) is 2.94. The summed E-state index contributed by atoms with van der Waals surface area (Å²) in [5.74, 6) is -0.220. The Labute approximate surface area is 91.0 Å². The summed E-state index contributed by atoms with van der Waals surface area (Å²) < 4.78 is 4.93. The summed E-state index contributed by atoms with van der Waals surface area (Å²) in [5, 5.41) is 12.9. The lowest BCUT2D eigenvalue weighted by Crippen LogP contribution is -2.50. The Bertz CT molecular complexity index is 214. The minimum absolute atomic E-state index is 0.220. The zero-order valence-electron chi connectivity index (χ0n) is 9.58. The van der Waals surface area contributed by atoms with Crippen LogP contribution in [0.5, 0.6) is 0 Å². The SMILES string of the molecule is CCOC(=O)C(CC)NCC1(O)CCC1. The van der Waals surface area contributed by atoms with Crippen molar-refractivity contribution in [2.24, 2.45) is 0 Å². The molecule has 1 atom stereocenters. The minimum Gasteiger partial charge on any atom is -0.465 e. The number of hydrogen-bond acceptors (Lipinski definition) is 4. The molecular weight excluding hydrogens is 194 g/mol. The molecule has 0 aromatic rings. The van der Waals surface area contributed by atoms with Crippen molar-refractivity contribution in [1.29, 1.82) is 0 Å². The first-order chi connectivity index (χ1) is 7.11. The average Bonchev–Trinajstić information content (AvgIpc) is 2.16. The highest BCUT2D eigenvalue weighted by Crippen LogP contribution is 2.30. The maximum Gasteiger partial charge on any atom is 0.323 e. The molecule has 1 fully saturated rings. The van der Waals surface area contributed by atoms with Gasteiger partial charge in [0.25, 0.3) is 0 Å². The molecule has 2 N–H and O–H groups in total. The fourth-order valence-electron chi connectivity index (χ4n) is 1.71. The Hall–Kier alpha value is -0.610. The van der Waals surface area contributed by atoms with Gasteiger partial charge in [-0.15, -0.1) is 0 Å². The first-order valence-corrected chi connectivity index (χ1v) is 5.73. The fourth-order valence-corrected chi connectivity index (χ4v) is 1.71. The van der Waals surface area contributed by atoms with Crippen LogP contribution in [0.15, 0.2) is 0 Å². The molecule has 88 valence electrons. The van der Waals surface area contributed by atoms with Crippen molar-refractivity contribution in [1.82, 2.24) is 5.32 Å². The molecule has 1 aliphatic rings. The standard InChI is InChI=1S/C11H21NO3/c1-3-9(10(13)15-4-2)12-8-11(14)6-5-7-11/h9,12,14H,3-8H2,1-2H3. The average molecular weight is 215 g/mol. The summed E-state index contributed by atoms with van der Waals surface area (Å²) in [6.07, 6.45) is 3.43. The van der Waals surface area contributed by atoms with Crippen LogP contribution < -0.4 is 5.32 Å². The third-order valence-corrected chi connectivity index (χ3v) is 2.94. The van der Waals surface area contributed by atoms with E-state index in [0.29, 0.717) is 19.6 Å². The van der Waals surface area contributed by atoms with E-state index >= 15 is 0 Å². The van der Waals surface area contributed by atoms with E-state index in [1.165, 1.54) is 0 Å². The molecule has 4 heteroatoms. The van der Waals surface area contributed by atoms with Gasteiger partial charge in [0, 0.05) is 6.54 Å². The van der Waals surface area contributed by atoms with Crippen molar-refractivity contribution in [3.8, 4) is 0 Å². The van der Waals surface area contributed by atoms with Crippen LogP contribution in [0.25, 0.3) is 0 Å². The summed E-state index contributed by atoms with van der Waals surface area (Å²) in [6.45, 7) is 4.62. The van der Waals surface area contributed by atoms with Crippen molar-refractivity contribution < 1.29 is 14.6 Å². The monoisotopic (exact) mass is 215 g/mol. The highest BCUT2D eigenvalue weighted by Gasteiger charge is 2.35. The molecule has 1 saturated carbocycles. The van der Waals surface area contributed by atoms with Crippen LogP contribution in [-0.4, -0.2) is 35.9 Å². The summed E-state index contributed by atoms with van der Waals surface area (Å²) >= 11 is 0. The molecule has 0 aromatic heterocycles. The van der Waals surface area contributed by atoms with E-state index in [4.69, 9.17) is 4.74 Å². The molecule has 0 aromatic carbocycles. The maximum atomic E-state index is 11.4. The van der Waals surface area contributed by atoms with Gasteiger partial charge in [-0.3, -0.25) is 4.79 Å². The van der Waals surface area contributed by atoms with E-state index in [1.54, 1.807) is 6.92 Å². The molecule has 1 rings (SSSR count). The fraction of sp³-hybridized carbons (Fsp3) is 0.909. The number of carbonyl (C=O) groups is 1. The number of ether oxygens (including phenoxy) is 1. The van der Waals surface area contributed by atoms with Crippen molar-refractivity contribution in [2.45, 2.75) is 51.2 Å². The Morgan fingerprint density at radius 3 is 2.60 bits per heavy atom. The highest BCUT2D eigenvalue weighted by atomic mass is 16.5. The van der Waals surface area contributed by atoms with E-state index in [2.05, 4.69) is 5.32 Å². The molecule has 4 nitrogen and oxygen atoms in total. The number of rotatable bonds is 6. The van der Waals surface area contributed by atoms with E-state index in [1.807, 2.05) is 6.92 Å². The predicted molar refractivity (Wildman–Crippen MR) is 57.5 cm³/mol. The predicted octanol–water partition coefficient (Wildman–Crippen LogP) is 0.833. The Morgan fingerprint density at radius 1 is 1.53 bits per heavy atom. The number of nitrogens with one attached hydrogen (secondary N) is 1. The molecule has 0 amide bonds. The molecule has 0 radical (unpaired) electrons. The van der Waals surface area contributed by atoms with E-state index in [9.17, 15) is 9.90 Å². The van der Waals surface area contributed by atoms with Gasteiger partial charge in [0.1, 0.15) is 6.04 Å². The van der Waals surface area contributed by atoms with Crippen molar-refractivity contribution in [3.63, 3.8) is 0 Å². The van der Waals surface area contributed by atoms with Crippen LogP contribution in [-0.2, 0) is 9.53 Å². The Morgan fingerprint density at radius 2 is 2.20 bits per heavy atom. The van der Waals surface area contributed by atoms with Crippen molar-refractivity contribution in [2.75, 3.05) is 13.2 Å². The van der Waals surface area contributed by atoms with Crippen molar-refractivity contribution in [3.05, 3.63) is 0 Å². The lowest BCUT2D eigenvalue weighted by Gasteiger charge is -2.37. The summed E-state index contributed by atoms with van der Waals surface area (Å²) in [7, 11) is 0. The number of hydrogen-bond donors (Lipinski definition) is 2. The van der Waals surface area contributed by atoms with Gasteiger partial charge in [-0.2, -0.15) is 0 Å². The van der Waals surface area contributed by atoms with Gasteiger partial charge in [-0.05, 0) is 32.6 Å². The van der Waals surface area contributed by atoms with Gasteiger partial charge in [0.05, 0.1) is 12.2 Å². The Kier molecular flexibility index (Phi) is 4.54. The van der Waals surface area contributed by atoms with Gasteiger partial charge in [0.2, 0.25) is 0 Å². The van der Waals surface area contributed by atoms with Gasteiger partial charge in [-0.1, -0.05) is 6.92 Å². The van der Waals surface area contributed by atoms with Crippen LogP contribution in [0.4, 0.5) is 0 Å². The smallest absolute Gasteiger partial charge is 0.323 e. The second-order valence-corrected chi connectivity index (χ2v) is 4.17. The van der Waals surface area contributed by atoms with Gasteiger partial charge in [-0.25, -0.2) is 0 Å². The second-order valence-electron chi connectivity index (χ2n) is 4.17. The van der Waals surface area contributed by atoms with Gasteiger partial charge < -0.3 is 15.2 Å². The molecule has 0 bridgehead atoms. The molecule has 1 unspecified atom stereocenters. The van der Waals surface area contributed by atoms with Crippen LogP contribution in [0.2, 0.25) is 0 Å². The van der Waals surface area contributed by atoms with Gasteiger partial charge in [0.15, 0.2) is 0 Å².